The Kier molecular flexibility index (Phi) is 20.3. The second kappa shape index (κ2) is 24.0. The van der Waals surface area contributed by atoms with Crippen LogP contribution in [0.4, 0.5) is 0 Å². The average molecular weight is 784 g/mol. The van der Waals surface area contributed by atoms with Gasteiger partial charge in [-0.2, -0.15) is 0 Å². The lowest BCUT2D eigenvalue weighted by Crippen LogP contribution is -2.58. The van der Waals surface area contributed by atoms with Crippen molar-refractivity contribution in [1.82, 2.24) is 10.6 Å². The highest BCUT2D eigenvalue weighted by molar-refractivity contribution is 7.93. The molecule has 3 N–H and O–H groups in total. The molecular formula is C44H79ClN2O5S. The topological polar surface area (TPSA) is 113 Å². The molecule has 7 atom stereocenters. The second-order valence-electron chi connectivity index (χ2n) is 18.0. The SMILES string of the molecule is CCCCCCCCCCCCCCCC1CCCC(S(=O)(=O)C(CC)C(=O)NC2CC(O)C(NC(=O)C3CCC(C4CCCCC4)CC3)CC2Cl)C1. The van der Waals surface area contributed by atoms with Gasteiger partial charge in [-0.3, -0.25) is 9.59 Å². The van der Waals surface area contributed by atoms with Crippen molar-refractivity contribution < 1.29 is 23.1 Å². The number of aliphatic hydroxyl groups excluding tert-OH is 1. The zero-order valence-electron chi connectivity index (χ0n) is 33.9. The van der Waals surface area contributed by atoms with Crippen molar-refractivity contribution in [3.63, 3.8) is 0 Å². The quantitative estimate of drug-likeness (QED) is 0.0748. The highest BCUT2D eigenvalue weighted by Gasteiger charge is 2.43. The molecule has 53 heavy (non-hydrogen) atoms. The smallest absolute Gasteiger partial charge is 0.238 e. The standard InChI is InChI=1S/C44H79ClN2O5S/c1-3-5-6-7-8-9-10-11-12-13-14-15-17-21-33-22-20-25-37(30-33)53(51,52)42(4-2)44(50)46-39-32-41(48)40(31-38(39)45)47-43(49)36-28-26-35(27-29-36)34-23-18-16-19-24-34/h33-42,48H,3-32H2,1-2H3,(H,46,50)(H,47,49). The molecule has 4 saturated carbocycles. The van der Waals surface area contributed by atoms with Crippen LogP contribution in [0.5, 0.6) is 0 Å². The molecule has 4 aliphatic carbocycles. The molecule has 2 amide bonds. The maximum Gasteiger partial charge on any atom is 0.238 e. The Morgan fingerprint density at radius 1 is 0.660 bits per heavy atom. The van der Waals surface area contributed by atoms with Crippen molar-refractivity contribution in [2.45, 2.75) is 241 Å². The molecule has 308 valence electrons. The fourth-order valence-electron chi connectivity index (χ4n) is 10.5. The number of hydrogen-bond acceptors (Lipinski definition) is 5. The van der Waals surface area contributed by atoms with Gasteiger partial charge in [0, 0.05) is 12.0 Å². The van der Waals surface area contributed by atoms with Crippen LogP contribution in [0.25, 0.3) is 0 Å². The van der Waals surface area contributed by atoms with Crippen molar-refractivity contribution in [3.05, 3.63) is 0 Å². The predicted molar refractivity (Wildman–Crippen MR) is 220 cm³/mol. The summed E-state index contributed by atoms with van der Waals surface area (Å²) in [5.74, 6) is 1.50. The normalized spacial score (nSPS) is 30.8. The summed E-state index contributed by atoms with van der Waals surface area (Å²) in [7, 11) is -3.67. The van der Waals surface area contributed by atoms with Crippen LogP contribution in [0.1, 0.15) is 206 Å². The molecule has 4 aliphatic rings. The van der Waals surface area contributed by atoms with Gasteiger partial charge in [-0.1, -0.05) is 149 Å². The Balaban J connectivity index is 1.13. The van der Waals surface area contributed by atoms with E-state index in [1.165, 1.54) is 109 Å². The predicted octanol–water partition coefficient (Wildman–Crippen LogP) is 10.3. The highest BCUT2D eigenvalue weighted by atomic mass is 35.5. The lowest BCUT2D eigenvalue weighted by atomic mass is 9.71. The Hall–Kier alpha value is -0.860. The van der Waals surface area contributed by atoms with Crippen LogP contribution in [0, 0.1) is 23.7 Å². The number of aliphatic hydroxyl groups is 1. The molecule has 0 bridgehead atoms. The number of hydrogen-bond donors (Lipinski definition) is 3. The minimum Gasteiger partial charge on any atom is -0.391 e. The Labute approximate surface area is 330 Å². The first-order valence-electron chi connectivity index (χ1n) is 22.8. The number of halogens is 1. The summed E-state index contributed by atoms with van der Waals surface area (Å²) in [6, 6.07) is -1.01. The molecule has 0 aliphatic heterocycles. The van der Waals surface area contributed by atoms with E-state index in [-0.39, 0.29) is 24.7 Å². The molecule has 0 radical (unpaired) electrons. The zero-order valence-corrected chi connectivity index (χ0v) is 35.4. The molecule has 0 aromatic heterocycles. The van der Waals surface area contributed by atoms with Crippen molar-refractivity contribution in [2.24, 2.45) is 23.7 Å². The number of rotatable bonds is 22. The van der Waals surface area contributed by atoms with Crippen LogP contribution >= 0.6 is 11.6 Å². The number of nitrogens with one attached hydrogen (secondary N) is 2. The van der Waals surface area contributed by atoms with Crippen LogP contribution in [0.15, 0.2) is 0 Å². The van der Waals surface area contributed by atoms with E-state index in [4.69, 9.17) is 11.6 Å². The summed E-state index contributed by atoms with van der Waals surface area (Å²) in [5.41, 5.74) is 0. The molecule has 7 nitrogen and oxygen atoms in total. The molecule has 0 saturated heterocycles. The van der Waals surface area contributed by atoms with E-state index < -0.39 is 49.8 Å². The van der Waals surface area contributed by atoms with Gasteiger partial charge in [0.05, 0.1) is 22.8 Å². The van der Waals surface area contributed by atoms with E-state index in [1.807, 2.05) is 0 Å². The van der Waals surface area contributed by atoms with Crippen molar-refractivity contribution in [3.8, 4) is 0 Å². The van der Waals surface area contributed by atoms with Crippen molar-refractivity contribution in [1.29, 1.82) is 0 Å². The lowest BCUT2D eigenvalue weighted by molar-refractivity contribution is -0.129. The molecule has 0 aromatic rings. The number of carbonyl (C=O) groups is 2. The Morgan fingerprint density at radius 3 is 1.85 bits per heavy atom. The summed E-state index contributed by atoms with van der Waals surface area (Å²) >= 11 is 6.79. The molecule has 4 fully saturated rings. The third kappa shape index (κ3) is 14.5. The first-order valence-corrected chi connectivity index (χ1v) is 24.8. The van der Waals surface area contributed by atoms with Gasteiger partial charge in [0.1, 0.15) is 5.25 Å². The van der Waals surface area contributed by atoms with Crippen LogP contribution in [0.2, 0.25) is 0 Å². The molecule has 0 aromatic carbocycles. The maximum absolute atomic E-state index is 13.9. The Morgan fingerprint density at radius 2 is 1.25 bits per heavy atom. The van der Waals surface area contributed by atoms with Gasteiger partial charge in [-0.25, -0.2) is 8.42 Å². The first kappa shape index (κ1) is 44.8. The summed E-state index contributed by atoms with van der Waals surface area (Å²) in [5, 5.41) is 15.0. The van der Waals surface area contributed by atoms with Crippen molar-refractivity contribution >= 4 is 33.3 Å². The number of unbranched alkanes of at least 4 members (excludes halogenated alkanes) is 12. The third-order valence-electron chi connectivity index (χ3n) is 14.0. The number of alkyl halides is 1. The van der Waals surface area contributed by atoms with Gasteiger partial charge in [-0.05, 0) is 75.5 Å². The molecule has 4 rings (SSSR count). The van der Waals surface area contributed by atoms with Gasteiger partial charge in [0.25, 0.3) is 0 Å². The Bertz CT molecular complexity index is 1150. The summed E-state index contributed by atoms with van der Waals surface area (Å²) in [6.07, 6.45) is 32.3. The fraction of sp³-hybridized carbons (Fsp3) is 0.955. The van der Waals surface area contributed by atoms with Crippen LogP contribution < -0.4 is 10.6 Å². The molecule has 9 heteroatoms. The molecule has 7 unspecified atom stereocenters. The summed E-state index contributed by atoms with van der Waals surface area (Å²) in [4.78, 5) is 26.8. The average Bonchev–Trinajstić information content (AvgIpc) is 3.16. The van der Waals surface area contributed by atoms with Gasteiger partial charge < -0.3 is 15.7 Å². The summed E-state index contributed by atoms with van der Waals surface area (Å²) in [6.45, 7) is 4.04. The molecule has 0 spiro atoms. The number of amides is 2. The molecular weight excluding hydrogens is 704 g/mol. The fourth-order valence-corrected chi connectivity index (χ4v) is 13.2. The van der Waals surface area contributed by atoms with E-state index in [0.29, 0.717) is 25.2 Å². The van der Waals surface area contributed by atoms with E-state index >= 15 is 0 Å². The van der Waals surface area contributed by atoms with Gasteiger partial charge in [0.2, 0.25) is 11.8 Å². The van der Waals surface area contributed by atoms with E-state index in [2.05, 4.69) is 17.6 Å². The van der Waals surface area contributed by atoms with E-state index in [1.54, 1.807) is 6.92 Å². The minimum atomic E-state index is -3.67. The van der Waals surface area contributed by atoms with Gasteiger partial charge >= 0.3 is 0 Å². The highest BCUT2D eigenvalue weighted by Crippen LogP contribution is 2.40. The van der Waals surface area contributed by atoms with Crippen LogP contribution in [-0.4, -0.2) is 59.4 Å². The van der Waals surface area contributed by atoms with Gasteiger partial charge in [0.15, 0.2) is 9.84 Å². The number of sulfone groups is 1. The van der Waals surface area contributed by atoms with Crippen molar-refractivity contribution in [2.75, 3.05) is 0 Å². The van der Waals surface area contributed by atoms with Gasteiger partial charge in [-0.15, -0.1) is 11.6 Å². The van der Waals surface area contributed by atoms with Crippen LogP contribution in [-0.2, 0) is 19.4 Å². The minimum absolute atomic E-state index is 0.0134. The number of carbonyl (C=O) groups excluding carboxylic acids is 2. The summed E-state index contributed by atoms with van der Waals surface area (Å²) < 4.78 is 27.8. The van der Waals surface area contributed by atoms with Crippen LogP contribution in [0.3, 0.4) is 0 Å². The second-order valence-corrected chi connectivity index (χ2v) is 20.9. The molecule has 0 heterocycles. The largest absolute Gasteiger partial charge is 0.391 e. The third-order valence-corrected chi connectivity index (χ3v) is 17.1. The van der Waals surface area contributed by atoms with E-state index in [9.17, 15) is 23.1 Å². The zero-order chi connectivity index (χ0) is 38.1. The van der Waals surface area contributed by atoms with E-state index in [0.717, 1.165) is 63.2 Å². The first-order chi connectivity index (χ1) is 25.6. The maximum atomic E-state index is 13.9. The monoisotopic (exact) mass is 783 g/mol. The lowest BCUT2D eigenvalue weighted by Gasteiger charge is -2.39.